The van der Waals surface area contributed by atoms with Gasteiger partial charge in [-0.2, -0.15) is 0 Å². The van der Waals surface area contributed by atoms with Gasteiger partial charge in [-0.25, -0.2) is 0 Å². The van der Waals surface area contributed by atoms with Crippen LogP contribution in [0.1, 0.15) is 22.6 Å². The smallest absolute Gasteiger partial charge is 0.318 e. The minimum absolute atomic E-state index is 0.00529. The average molecular weight is 374 g/mol. The summed E-state index contributed by atoms with van der Waals surface area (Å²) >= 11 is 0. The molecule has 1 aliphatic rings. The van der Waals surface area contributed by atoms with E-state index in [0.717, 1.165) is 5.56 Å². The molecule has 1 atom stereocenters. The molecule has 3 aromatic rings. The Labute approximate surface area is 161 Å². The zero-order chi connectivity index (χ0) is 19.7. The van der Waals surface area contributed by atoms with Crippen LogP contribution in [0.15, 0.2) is 84.4 Å². The van der Waals surface area contributed by atoms with Gasteiger partial charge in [0.1, 0.15) is 17.4 Å². The van der Waals surface area contributed by atoms with Crippen molar-refractivity contribution in [1.29, 1.82) is 0 Å². The zero-order valence-corrected chi connectivity index (χ0v) is 15.1. The second kappa shape index (κ2) is 7.08. The molecule has 0 aromatic heterocycles. The van der Waals surface area contributed by atoms with E-state index in [4.69, 9.17) is 4.74 Å². The van der Waals surface area contributed by atoms with Crippen molar-refractivity contribution < 1.29 is 14.8 Å². The number of benzene rings is 3. The van der Waals surface area contributed by atoms with Crippen LogP contribution in [-0.2, 0) is 0 Å². The number of allylic oxidation sites excluding steroid dienone is 1. The van der Waals surface area contributed by atoms with Crippen LogP contribution >= 0.6 is 0 Å². The van der Waals surface area contributed by atoms with Crippen LogP contribution in [-0.4, -0.2) is 10.0 Å². The number of ether oxygens (including phenoxy) is 1. The van der Waals surface area contributed by atoms with Crippen molar-refractivity contribution in [3.8, 4) is 11.5 Å². The molecule has 0 bridgehead atoms. The number of hydrogen-bond acceptors (Lipinski definition) is 5. The molecule has 0 spiro atoms. The lowest BCUT2D eigenvalue weighted by molar-refractivity contribution is -0.432. The summed E-state index contributed by atoms with van der Waals surface area (Å²) in [6.07, 6.45) is 0. The third kappa shape index (κ3) is 3.16. The molecule has 0 amide bonds. The molecule has 1 aliphatic heterocycles. The van der Waals surface area contributed by atoms with Crippen LogP contribution in [0.25, 0.3) is 0 Å². The van der Waals surface area contributed by atoms with Crippen LogP contribution in [0, 0.1) is 17.0 Å². The van der Waals surface area contributed by atoms with E-state index in [-0.39, 0.29) is 17.3 Å². The van der Waals surface area contributed by atoms with Crippen molar-refractivity contribution in [2.45, 2.75) is 12.8 Å². The number of phenols is 1. The largest absolute Gasteiger partial charge is 0.508 e. The lowest BCUT2D eigenvalue weighted by atomic mass is 9.85. The number of nitrogens with one attached hydrogen (secondary N) is 1. The third-order valence-electron chi connectivity index (χ3n) is 4.67. The van der Waals surface area contributed by atoms with Gasteiger partial charge in [-0.3, -0.25) is 10.1 Å². The molecule has 1 heterocycles. The van der Waals surface area contributed by atoms with Crippen LogP contribution in [0.5, 0.6) is 11.5 Å². The summed E-state index contributed by atoms with van der Waals surface area (Å²) < 4.78 is 5.88. The second-order valence-electron chi connectivity index (χ2n) is 6.60. The molecule has 0 radical (unpaired) electrons. The number of anilines is 1. The summed E-state index contributed by atoms with van der Waals surface area (Å²) in [5.74, 6) is -0.213. The lowest BCUT2D eigenvalue weighted by Crippen LogP contribution is -2.25. The number of nitro groups is 1. The summed E-state index contributed by atoms with van der Waals surface area (Å²) in [4.78, 5) is 11.6. The van der Waals surface area contributed by atoms with Gasteiger partial charge < -0.3 is 15.2 Å². The van der Waals surface area contributed by atoms with Crippen LogP contribution in [0.2, 0.25) is 0 Å². The zero-order valence-electron chi connectivity index (χ0n) is 15.1. The Hall–Kier alpha value is -3.80. The molecule has 0 aliphatic carbocycles. The molecule has 0 fully saturated rings. The fourth-order valence-corrected chi connectivity index (χ4v) is 3.40. The Bertz CT molecular complexity index is 1080. The number of fused-ring (bicyclic) bond motifs is 1. The highest BCUT2D eigenvalue weighted by molar-refractivity contribution is 5.57. The Morgan fingerprint density at radius 3 is 2.46 bits per heavy atom. The van der Waals surface area contributed by atoms with E-state index in [1.807, 2.05) is 31.2 Å². The number of nitrogens with zero attached hydrogens (tertiary/aromatic N) is 1. The normalized spacial score (nSPS) is 15.5. The van der Waals surface area contributed by atoms with Gasteiger partial charge in [0, 0.05) is 16.8 Å². The van der Waals surface area contributed by atoms with Crippen molar-refractivity contribution in [3.05, 3.63) is 111 Å². The second-order valence-corrected chi connectivity index (χ2v) is 6.60. The minimum atomic E-state index is -0.772. The van der Waals surface area contributed by atoms with Gasteiger partial charge in [-0.1, -0.05) is 54.1 Å². The Morgan fingerprint density at radius 2 is 1.71 bits per heavy atom. The van der Waals surface area contributed by atoms with E-state index < -0.39 is 10.8 Å². The summed E-state index contributed by atoms with van der Waals surface area (Å²) in [6.45, 7) is 1.88. The highest BCUT2D eigenvalue weighted by Gasteiger charge is 2.41. The number of aryl methyl sites for hydroxylation is 1. The SMILES string of the molecule is Cc1ccc(O)c(C2C([N+](=O)[O-])=C(Nc3ccccc3)Oc3ccccc32)c1. The predicted octanol–water partition coefficient (Wildman–Crippen LogP) is 4.78. The van der Waals surface area contributed by atoms with Gasteiger partial charge >= 0.3 is 5.70 Å². The molecule has 0 saturated carbocycles. The molecule has 2 N–H and O–H groups in total. The van der Waals surface area contributed by atoms with Gasteiger partial charge in [0.25, 0.3) is 5.88 Å². The van der Waals surface area contributed by atoms with Crippen molar-refractivity contribution in [1.82, 2.24) is 0 Å². The molecule has 6 heteroatoms. The molecule has 1 unspecified atom stereocenters. The Morgan fingerprint density at radius 1 is 1.00 bits per heavy atom. The first-order valence-electron chi connectivity index (χ1n) is 8.81. The van der Waals surface area contributed by atoms with Crippen molar-refractivity contribution in [3.63, 3.8) is 0 Å². The van der Waals surface area contributed by atoms with Crippen LogP contribution < -0.4 is 10.1 Å². The van der Waals surface area contributed by atoms with Gasteiger partial charge in [0.05, 0.1) is 4.92 Å². The quantitative estimate of drug-likeness (QED) is 0.507. The van der Waals surface area contributed by atoms with E-state index in [2.05, 4.69) is 5.32 Å². The standard InChI is InChI=1S/C22H18N2O4/c1-14-11-12-18(25)17(13-14)20-16-9-5-6-10-19(16)28-22(21(20)24(26)27)23-15-7-3-2-4-8-15/h2-13,20,23,25H,1H3. The summed E-state index contributed by atoms with van der Waals surface area (Å²) in [5, 5.41) is 25.6. The maximum atomic E-state index is 12.1. The maximum Gasteiger partial charge on any atom is 0.318 e. The Kier molecular flexibility index (Phi) is 4.45. The molecule has 28 heavy (non-hydrogen) atoms. The van der Waals surface area contributed by atoms with Crippen LogP contribution in [0.3, 0.4) is 0 Å². The number of para-hydroxylation sites is 2. The molecular formula is C22H18N2O4. The number of aromatic hydroxyl groups is 1. The summed E-state index contributed by atoms with van der Waals surface area (Å²) in [5.41, 5.74) is 2.52. The molecule has 4 rings (SSSR count). The third-order valence-corrected chi connectivity index (χ3v) is 4.67. The summed E-state index contributed by atoms with van der Waals surface area (Å²) in [6, 6.07) is 21.4. The van der Waals surface area contributed by atoms with Gasteiger partial charge in [0.15, 0.2) is 0 Å². The fourth-order valence-electron chi connectivity index (χ4n) is 3.40. The highest BCUT2D eigenvalue weighted by Crippen LogP contribution is 2.45. The molecule has 0 saturated heterocycles. The monoisotopic (exact) mass is 374 g/mol. The highest BCUT2D eigenvalue weighted by atomic mass is 16.6. The first-order valence-corrected chi connectivity index (χ1v) is 8.81. The lowest BCUT2D eigenvalue weighted by Gasteiger charge is -2.26. The van der Waals surface area contributed by atoms with E-state index in [9.17, 15) is 15.2 Å². The molecule has 6 nitrogen and oxygen atoms in total. The summed E-state index contributed by atoms with van der Waals surface area (Å²) in [7, 11) is 0. The van der Waals surface area contributed by atoms with E-state index in [1.54, 1.807) is 48.5 Å². The van der Waals surface area contributed by atoms with Gasteiger partial charge in [-0.15, -0.1) is 0 Å². The first kappa shape index (κ1) is 17.6. The average Bonchev–Trinajstić information content (AvgIpc) is 2.69. The van der Waals surface area contributed by atoms with E-state index in [0.29, 0.717) is 22.6 Å². The van der Waals surface area contributed by atoms with Crippen LogP contribution in [0.4, 0.5) is 5.69 Å². The first-order chi connectivity index (χ1) is 13.5. The van der Waals surface area contributed by atoms with E-state index >= 15 is 0 Å². The Balaban J connectivity index is 1.93. The number of rotatable bonds is 4. The molecule has 3 aromatic carbocycles. The topological polar surface area (TPSA) is 84.6 Å². The van der Waals surface area contributed by atoms with Crippen molar-refractivity contribution in [2.24, 2.45) is 0 Å². The van der Waals surface area contributed by atoms with Crippen molar-refractivity contribution in [2.75, 3.05) is 5.32 Å². The predicted molar refractivity (Wildman–Crippen MR) is 106 cm³/mol. The number of hydrogen-bond donors (Lipinski definition) is 2. The fraction of sp³-hybridized carbons (Fsp3) is 0.0909. The van der Waals surface area contributed by atoms with Crippen molar-refractivity contribution >= 4 is 5.69 Å². The number of phenolic OH excluding ortho intramolecular Hbond substituents is 1. The van der Waals surface area contributed by atoms with Gasteiger partial charge in [-0.05, 0) is 31.2 Å². The molecule has 140 valence electrons. The van der Waals surface area contributed by atoms with E-state index in [1.165, 1.54) is 0 Å². The maximum absolute atomic E-state index is 12.1. The molecular weight excluding hydrogens is 356 g/mol. The minimum Gasteiger partial charge on any atom is -0.508 e. The van der Waals surface area contributed by atoms with Gasteiger partial charge in [0.2, 0.25) is 0 Å².